The quantitative estimate of drug-likeness (QED) is 0.820. The van der Waals surface area contributed by atoms with Crippen molar-refractivity contribution in [3.63, 3.8) is 0 Å². The molecule has 1 atom stereocenters. The Morgan fingerprint density at radius 3 is 2.67 bits per heavy atom. The predicted molar refractivity (Wildman–Crippen MR) is 67.5 cm³/mol. The number of hydrogen-bond acceptors (Lipinski definition) is 4. The first-order valence-electron chi connectivity index (χ1n) is 7.25. The van der Waals surface area contributed by atoms with Gasteiger partial charge in [-0.15, -0.1) is 0 Å². The molecule has 0 aromatic rings. The molecule has 2 heterocycles. The Balaban J connectivity index is 1.53. The number of rotatable bonds is 4. The summed E-state index contributed by atoms with van der Waals surface area (Å²) in [5.74, 6) is 0.583. The van der Waals surface area contributed by atoms with Gasteiger partial charge in [-0.25, -0.2) is 0 Å². The molecule has 2 saturated heterocycles. The van der Waals surface area contributed by atoms with Crippen LogP contribution in [0.3, 0.4) is 0 Å². The highest BCUT2D eigenvalue weighted by atomic mass is 16.5. The van der Waals surface area contributed by atoms with Crippen LogP contribution in [0.15, 0.2) is 0 Å². The molecule has 1 N–H and O–H groups in total. The van der Waals surface area contributed by atoms with Gasteiger partial charge in [0, 0.05) is 31.8 Å². The largest absolute Gasteiger partial charge is 0.381 e. The van der Waals surface area contributed by atoms with Gasteiger partial charge in [0.25, 0.3) is 0 Å². The molecule has 1 aliphatic carbocycles. The monoisotopic (exact) mass is 253 g/mol. The second-order valence-corrected chi connectivity index (χ2v) is 5.96. The minimum Gasteiger partial charge on any atom is -0.381 e. The Bertz CT molecular complexity index is 303. The number of carbonyl (C=O) groups is 1. The summed E-state index contributed by atoms with van der Waals surface area (Å²) < 4.78 is 11.4. The molecular formula is C14H23NO3. The zero-order valence-corrected chi connectivity index (χ0v) is 11.0. The van der Waals surface area contributed by atoms with Crippen molar-refractivity contribution in [3.05, 3.63) is 0 Å². The van der Waals surface area contributed by atoms with Crippen LogP contribution in [0.25, 0.3) is 0 Å². The van der Waals surface area contributed by atoms with E-state index in [2.05, 4.69) is 5.32 Å². The minimum absolute atomic E-state index is 0.0591. The molecule has 18 heavy (non-hydrogen) atoms. The molecule has 1 unspecified atom stereocenters. The summed E-state index contributed by atoms with van der Waals surface area (Å²) in [5.41, 5.74) is -0.0591. The standard InChI is InChI=1S/C14H23NO3/c16-13(10-15-12-1-2-12)11-3-6-18-14(9-11)4-7-17-8-5-14/h11-12,15H,1-10H2. The number of carbonyl (C=O) groups excluding carboxylic acids is 1. The van der Waals surface area contributed by atoms with Crippen LogP contribution >= 0.6 is 0 Å². The highest BCUT2D eigenvalue weighted by Gasteiger charge is 2.41. The Morgan fingerprint density at radius 2 is 1.94 bits per heavy atom. The van der Waals surface area contributed by atoms with Crippen molar-refractivity contribution in [1.29, 1.82) is 0 Å². The maximum atomic E-state index is 12.2. The van der Waals surface area contributed by atoms with Gasteiger partial charge in [-0.05, 0) is 38.5 Å². The summed E-state index contributed by atoms with van der Waals surface area (Å²) in [7, 11) is 0. The van der Waals surface area contributed by atoms with Crippen LogP contribution < -0.4 is 5.32 Å². The zero-order chi connectivity index (χ0) is 12.4. The molecule has 2 aliphatic heterocycles. The number of hydrogen-bond donors (Lipinski definition) is 1. The van der Waals surface area contributed by atoms with Gasteiger partial charge in [0.15, 0.2) is 0 Å². The van der Waals surface area contributed by atoms with E-state index in [1.54, 1.807) is 0 Å². The Kier molecular flexibility index (Phi) is 3.68. The fraction of sp³-hybridized carbons (Fsp3) is 0.929. The van der Waals surface area contributed by atoms with Gasteiger partial charge in [-0.1, -0.05) is 0 Å². The second-order valence-electron chi connectivity index (χ2n) is 5.96. The topological polar surface area (TPSA) is 47.6 Å². The minimum atomic E-state index is -0.0591. The lowest BCUT2D eigenvalue weighted by Gasteiger charge is -2.42. The van der Waals surface area contributed by atoms with Crippen molar-refractivity contribution < 1.29 is 14.3 Å². The van der Waals surface area contributed by atoms with E-state index >= 15 is 0 Å². The normalized spacial score (nSPS) is 31.4. The Morgan fingerprint density at radius 1 is 1.17 bits per heavy atom. The molecule has 0 radical (unpaired) electrons. The van der Waals surface area contributed by atoms with Crippen molar-refractivity contribution >= 4 is 5.78 Å². The fourth-order valence-electron chi connectivity index (χ4n) is 3.07. The number of nitrogens with one attached hydrogen (secondary N) is 1. The molecule has 0 aromatic carbocycles. The summed E-state index contributed by atoms with van der Waals surface area (Å²) in [4.78, 5) is 12.2. The van der Waals surface area contributed by atoms with E-state index < -0.39 is 0 Å². The van der Waals surface area contributed by atoms with E-state index in [1.165, 1.54) is 12.8 Å². The summed E-state index contributed by atoms with van der Waals surface area (Å²) in [6.07, 6.45) is 6.18. The Labute approximate surface area is 108 Å². The van der Waals surface area contributed by atoms with Gasteiger partial charge in [0.1, 0.15) is 5.78 Å². The van der Waals surface area contributed by atoms with E-state index in [1.807, 2.05) is 0 Å². The average Bonchev–Trinajstić information content (AvgIpc) is 3.21. The second kappa shape index (κ2) is 5.27. The van der Waals surface area contributed by atoms with Crippen LogP contribution in [0.1, 0.15) is 38.5 Å². The van der Waals surface area contributed by atoms with Gasteiger partial charge < -0.3 is 14.8 Å². The van der Waals surface area contributed by atoms with E-state index in [-0.39, 0.29) is 11.5 Å². The summed E-state index contributed by atoms with van der Waals surface area (Å²) in [6, 6.07) is 0.617. The fourth-order valence-corrected chi connectivity index (χ4v) is 3.07. The third kappa shape index (κ3) is 2.92. The average molecular weight is 253 g/mol. The van der Waals surface area contributed by atoms with Crippen LogP contribution in [0.2, 0.25) is 0 Å². The predicted octanol–water partition coefficient (Wildman–Crippen LogP) is 1.28. The van der Waals surface area contributed by atoms with Crippen molar-refractivity contribution in [1.82, 2.24) is 5.32 Å². The number of ketones is 1. The third-order valence-electron chi connectivity index (χ3n) is 4.49. The maximum absolute atomic E-state index is 12.2. The molecule has 102 valence electrons. The molecule has 3 fully saturated rings. The van der Waals surface area contributed by atoms with Crippen LogP contribution in [0, 0.1) is 5.92 Å². The van der Waals surface area contributed by atoms with Crippen molar-refractivity contribution in [3.8, 4) is 0 Å². The molecule has 3 rings (SSSR count). The highest BCUT2D eigenvalue weighted by molar-refractivity contribution is 5.83. The van der Waals surface area contributed by atoms with Crippen LogP contribution in [-0.2, 0) is 14.3 Å². The number of ether oxygens (including phenoxy) is 2. The first-order valence-corrected chi connectivity index (χ1v) is 7.25. The smallest absolute Gasteiger partial charge is 0.149 e. The molecule has 4 nitrogen and oxygen atoms in total. The molecule has 3 aliphatic rings. The van der Waals surface area contributed by atoms with E-state index in [9.17, 15) is 4.79 Å². The van der Waals surface area contributed by atoms with Gasteiger partial charge >= 0.3 is 0 Å². The molecule has 0 amide bonds. The van der Waals surface area contributed by atoms with Crippen molar-refractivity contribution in [2.75, 3.05) is 26.4 Å². The maximum Gasteiger partial charge on any atom is 0.149 e. The van der Waals surface area contributed by atoms with Gasteiger partial charge in [-0.3, -0.25) is 4.79 Å². The Hall–Kier alpha value is -0.450. The van der Waals surface area contributed by atoms with Gasteiger partial charge in [0.2, 0.25) is 0 Å². The third-order valence-corrected chi connectivity index (χ3v) is 4.49. The summed E-state index contributed by atoms with van der Waals surface area (Å²) >= 11 is 0. The van der Waals surface area contributed by atoms with Crippen LogP contribution in [-0.4, -0.2) is 43.8 Å². The molecule has 0 aromatic heterocycles. The van der Waals surface area contributed by atoms with E-state index in [0.717, 1.165) is 45.5 Å². The molecule has 0 bridgehead atoms. The molecule has 4 heteroatoms. The highest BCUT2D eigenvalue weighted by Crippen LogP contribution is 2.37. The number of Topliss-reactive ketones (excluding diaryl/α,β-unsaturated/α-hetero) is 1. The van der Waals surface area contributed by atoms with Crippen LogP contribution in [0.4, 0.5) is 0 Å². The lowest BCUT2D eigenvalue weighted by Crippen LogP contribution is -2.47. The van der Waals surface area contributed by atoms with Crippen molar-refractivity contribution in [2.45, 2.75) is 50.2 Å². The van der Waals surface area contributed by atoms with Crippen LogP contribution in [0.5, 0.6) is 0 Å². The first kappa shape index (κ1) is 12.6. The SMILES string of the molecule is O=C(CNC1CC1)C1CCOC2(CCOCC2)C1. The molecule has 1 saturated carbocycles. The first-order chi connectivity index (χ1) is 8.77. The summed E-state index contributed by atoms with van der Waals surface area (Å²) in [6.45, 7) is 2.85. The zero-order valence-electron chi connectivity index (χ0n) is 11.0. The van der Waals surface area contributed by atoms with E-state index in [4.69, 9.17) is 9.47 Å². The molecule has 1 spiro atoms. The lowest BCUT2D eigenvalue weighted by molar-refractivity contribution is -0.156. The van der Waals surface area contributed by atoms with Crippen molar-refractivity contribution in [2.24, 2.45) is 5.92 Å². The lowest BCUT2D eigenvalue weighted by atomic mass is 9.79. The summed E-state index contributed by atoms with van der Waals surface area (Å²) in [5, 5.41) is 3.33. The van der Waals surface area contributed by atoms with E-state index in [0.29, 0.717) is 18.4 Å². The molecular weight excluding hydrogens is 230 g/mol. The van der Waals surface area contributed by atoms with Gasteiger partial charge in [0.05, 0.1) is 12.1 Å². The van der Waals surface area contributed by atoms with Gasteiger partial charge in [-0.2, -0.15) is 0 Å².